The molecule has 9 heteroatoms. The molecule has 0 aliphatic rings. The summed E-state index contributed by atoms with van der Waals surface area (Å²) in [6.07, 6.45) is 0.0467. The number of anilines is 1. The average molecular weight is 420 g/mol. The van der Waals surface area contributed by atoms with Crippen molar-refractivity contribution >= 4 is 40.5 Å². The van der Waals surface area contributed by atoms with Crippen LogP contribution in [0, 0.1) is 17.0 Å². The van der Waals surface area contributed by atoms with Crippen molar-refractivity contribution in [1.82, 2.24) is 5.16 Å². The van der Waals surface area contributed by atoms with E-state index in [-0.39, 0.29) is 17.9 Å². The monoisotopic (exact) mass is 419 g/mol. The predicted molar refractivity (Wildman–Crippen MR) is 106 cm³/mol. The maximum absolute atomic E-state index is 12.8. The van der Waals surface area contributed by atoms with E-state index in [0.717, 1.165) is 0 Å². The van der Waals surface area contributed by atoms with Crippen LogP contribution in [0.5, 0.6) is 0 Å². The van der Waals surface area contributed by atoms with Gasteiger partial charge in [0.1, 0.15) is 5.76 Å². The van der Waals surface area contributed by atoms with Crippen LogP contribution in [0.2, 0.25) is 10.0 Å². The Morgan fingerprint density at radius 1 is 1.21 bits per heavy atom. The third-order valence-electron chi connectivity index (χ3n) is 4.08. The summed E-state index contributed by atoms with van der Waals surface area (Å²) in [6, 6.07) is 11.7. The van der Waals surface area contributed by atoms with Gasteiger partial charge in [-0.05, 0) is 36.8 Å². The first kappa shape index (κ1) is 19.9. The number of hydrogen-bond donors (Lipinski definition) is 1. The van der Waals surface area contributed by atoms with E-state index in [1.165, 1.54) is 24.3 Å². The number of benzene rings is 2. The van der Waals surface area contributed by atoms with Gasteiger partial charge in [0.05, 0.1) is 11.0 Å². The SMILES string of the molecule is Cc1cc(NC(CC(=O)c2ccc([N+](=O)[O-])cc2)c2ccc(Cl)cc2Cl)no1. The highest BCUT2D eigenvalue weighted by Gasteiger charge is 2.21. The molecule has 0 aliphatic heterocycles. The van der Waals surface area contributed by atoms with Gasteiger partial charge in [-0.1, -0.05) is 34.4 Å². The number of Topliss-reactive ketones (excluding diaryl/α,β-unsaturated/α-hetero) is 1. The Morgan fingerprint density at radius 2 is 1.93 bits per heavy atom. The molecule has 0 spiro atoms. The fourth-order valence-electron chi connectivity index (χ4n) is 2.71. The summed E-state index contributed by atoms with van der Waals surface area (Å²) in [6.45, 7) is 1.75. The zero-order valence-electron chi connectivity index (χ0n) is 14.7. The minimum atomic E-state index is -0.515. The number of nitrogens with zero attached hydrogens (tertiary/aromatic N) is 2. The molecule has 0 saturated heterocycles. The van der Waals surface area contributed by atoms with Crippen LogP contribution in [-0.4, -0.2) is 15.9 Å². The Morgan fingerprint density at radius 3 is 2.50 bits per heavy atom. The maximum Gasteiger partial charge on any atom is 0.269 e. The molecule has 0 saturated carbocycles. The van der Waals surface area contributed by atoms with Crippen LogP contribution in [0.4, 0.5) is 11.5 Å². The molecule has 0 radical (unpaired) electrons. The third-order valence-corrected chi connectivity index (χ3v) is 4.64. The van der Waals surface area contributed by atoms with Crippen LogP contribution < -0.4 is 5.32 Å². The molecule has 0 amide bonds. The lowest BCUT2D eigenvalue weighted by Crippen LogP contribution is -2.16. The van der Waals surface area contributed by atoms with Gasteiger partial charge in [-0.15, -0.1) is 0 Å². The summed E-state index contributed by atoms with van der Waals surface area (Å²) in [5.41, 5.74) is 0.950. The first-order valence-electron chi connectivity index (χ1n) is 8.26. The summed E-state index contributed by atoms with van der Waals surface area (Å²) in [5.74, 6) is 0.869. The average Bonchev–Trinajstić information content (AvgIpc) is 3.06. The molecule has 1 N–H and O–H groups in total. The van der Waals surface area contributed by atoms with Crippen LogP contribution in [0.1, 0.15) is 34.1 Å². The Balaban J connectivity index is 1.87. The summed E-state index contributed by atoms with van der Waals surface area (Å²) < 4.78 is 5.06. The lowest BCUT2D eigenvalue weighted by molar-refractivity contribution is -0.384. The van der Waals surface area contributed by atoms with Gasteiger partial charge in [0.15, 0.2) is 11.6 Å². The fraction of sp³-hybridized carbons (Fsp3) is 0.158. The molecule has 28 heavy (non-hydrogen) atoms. The second-order valence-electron chi connectivity index (χ2n) is 6.12. The van der Waals surface area contributed by atoms with Gasteiger partial charge < -0.3 is 9.84 Å². The molecule has 1 heterocycles. The molecule has 1 unspecified atom stereocenters. The number of aromatic nitrogens is 1. The summed E-state index contributed by atoms with van der Waals surface area (Å²) in [4.78, 5) is 23.0. The molecule has 3 rings (SSSR count). The van der Waals surface area contributed by atoms with E-state index < -0.39 is 11.0 Å². The van der Waals surface area contributed by atoms with Crippen LogP contribution in [0.3, 0.4) is 0 Å². The van der Waals surface area contributed by atoms with Crippen molar-refractivity contribution in [2.24, 2.45) is 0 Å². The molecule has 7 nitrogen and oxygen atoms in total. The quantitative estimate of drug-likeness (QED) is 0.302. The molecule has 1 atom stereocenters. The van der Waals surface area contributed by atoms with Crippen LogP contribution >= 0.6 is 23.2 Å². The van der Waals surface area contributed by atoms with E-state index >= 15 is 0 Å². The molecule has 2 aromatic carbocycles. The number of non-ortho nitro benzene ring substituents is 1. The van der Waals surface area contributed by atoms with Crippen molar-refractivity contribution in [3.8, 4) is 0 Å². The Labute approximate surface area is 170 Å². The summed E-state index contributed by atoms with van der Waals surface area (Å²) in [5, 5.41) is 18.7. The van der Waals surface area contributed by atoms with Crippen LogP contribution in [0.15, 0.2) is 53.1 Å². The largest absolute Gasteiger partial charge is 0.360 e. The van der Waals surface area contributed by atoms with E-state index in [0.29, 0.717) is 32.8 Å². The van der Waals surface area contributed by atoms with E-state index in [4.69, 9.17) is 27.7 Å². The normalized spacial score (nSPS) is 11.8. The smallest absolute Gasteiger partial charge is 0.269 e. The molecule has 3 aromatic rings. The number of aryl methyl sites for hydroxylation is 1. The number of ketones is 1. The van der Waals surface area contributed by atoms with E-state index in [9.17, 15) is 14.9 Å². The van der Waals surface area contributed by atoms with Crippen LogP contribution in [-0.2, 0) is 0 Å². The second kappa shape index (κ2) is 8.41. The molecule has 1 aromatic heterocycles. The van der Waals surface area contributed by atoms with Crippen molar-refractivity contribution in [3.63, 3.8) is 0 Å². The van der Waals surface area contributed by atoms with E-state index in [1.54, 1.807) is 31.2 Å². The standard InChI is InChI=1S/C19H15Cl2N3O4/c1-11-8-19(23-28-11)22-17(15-7-4-13(20)9-16(15)21)10-18(25)12-2-5-14(6-3-12)24(26)27/h2-9,17H,10H2,1H3,(H,22,23). The maximum atomic E-state index is 12.8. The number of carbonyl (C=O) groups is 1. The predicted octanol–water partition coefficient (Wildman–Crippen LogP) is 5.62. The Kier molecular flexibility index (Phi) is 5.96. The lowest BCUT2D eigenvalue weighted by Gasteiger charge is -2.19. The zero-order chi connectivity index (χ0) is 20.3. The van der Waals surface area contributed by atoms with Crippen molar-refractivity contribution in [2.45, 2.75) is 19.4 Å². The van der Waals surface area contributed by atoms with Crippen molar-refractivity contribution in [2.75, 3.05) is 5.32 Å². The molecule has 0 aliphatic carbocycles. The first-order chi connectivity index (χ1) is 13.3. The zero-order valence-corrected chi connectivity index (χ0v) is 16.2. The van der Waals surface area contributed by atoms with E-state index in [2.05, 4.69) is 10.5 Å². The highest BCUT2D eigenvalue weighted by atomic mass is 35.5. The van der Waals surface area contributed by atoms with Crippen molar-refractivity contribution < 1.29 is 14.2 Å². The number of hydrogen-bond acceptors (Lipinski definition) is 6. The summed E-state index contributed by atoms with van der Waals surface area (Å²) >= 11 is 12.3. The highest BCUT2D eigenvalue weighted by Crippen LogP contribution is 2.31. The van der Waals surface area contributed by atoms with Gasteiger partial charge in [0.25, 0.3) is 5.69 Å². The number of nitro benzene ring substituents is 1. The summed E-state index contributed by atoms with van der Waals surface area (Å²) in [7, 11) is 0. The first-order valence-corrected chi connectivity index (χ1v) is 9.01. The molecule has 144 valence electrons. The van der Waals surface area contributed by atoms with Crippen molar-refractivity contribution in [1.29, 1.82) is 0 Å². The fourth-order valence-corrected chi connectivity index (χ4v) is 3.25. The number of rotatable bonds is 7. The number of nitro groups is 1. The second-order valence-corrected chi connectivity index (χ2v) is 6.96. The van der Waals surface area contributed by atoms with Gasteiger partial charge >= 0.3 is 0 Å². The Hall–Kier alpha value is -2.90. The third kappa shape index (κ3) is 4.68. The van der Waals surface area contributed by atoms with Crippen LogP contribution in [0.25, 0.3) is 0 Å². The van der Waals surface area contributed by atoms with E-state index in [1.807, 2.05) is 0 Å². The molecular formula is C19H15Cl2N3O4. The molecule has 0 bridgehead atoms. The van der Waals surface area contributed by atoms with Gasteiger partial charge in [-0.25, -0.2) is 0 Å². The number of nitrogens with one attached hydrogen (secondary N) is 1. The lowest BCUT2D eigenvalue weighted by atomic mass is 9.97. The molecule has 0 fully saturated rings. The van der Waals surface area contributed by atoms with Gasteiger partial charge in [-0.3, -0.25) is 14.9 Å². The number of halogens is 2. The highest BCUT2D eigenvalue weighted by molar-refractivity contribution is 6.35. The number of carbonyl (C=O) groups excluding carboxylic acids is 1. The Bertz CT molecular complexity index is 1020. The van der Waals surface area contributed by atoms with Gasteiger partial charge in [-0.2, -0.15) is 0 Å². The topological polar surface area (TPSA) is 98.3 Å². The van der Waals surface area contributed by atoms with Gasteiger partial charge in [0, 0.05) is 40.2 Å². The molecular weight excluding hydrogens is 405 g/mol. The minimum absolute atomic E-state index is 0.0467. The minimum Gasteiger partial charge on any atom is -0.360 e. The van der Waals surface area contributed by atoms with Gasteiger partial charge in [0.2, 0.25) is 0 Å². The van der Waals surface area contributed by atoms with Crippen molar-refractivity contribution in [3.05, 3.63) is 85.6 Å².